The van der Waals surface area contributed by atoms with Crippen molar-refractivity contribution in [3.05, 3.63) is 29.8 Å². The highest BCUT2D eigenvalue weighted by Gasteiger charge is 2.35. The molecule has 0 bridgehead atoms. The van der Waals surface area contributed by atoms with Crippen LogP contribution in [-0.4, -0.2) is 28.5 Å². The lowest BCUT2D eigenvalue weighted by Gasteiger charge is -2.44. The number of piperidine rings is 1. The Morgan fingerprint density at radius 1 is 1.16 bits per heavy atom. The number of phenolic OH excluding ortho intramolecular Hbond substituents is 1. The number of benzene rings is 1. The second-order valence-electron chi connectivity index (χ2n) is 5.80. The summed E-state index contributed by atoms with van der Waals surface area (Å²) in [6, 6.07) is 7.15. The van der Waals surface area contributed by atoms with E-state index in [2.05, 4.69) is 4.90 Å². The molecule has 1 saturated heterocycles. The molecule has 1 heterocycles. The van der Waals surface area contributed by atoms with Gasteiger partial charge in [0.15, 0.2) is 0 Å². The van der Waals surface area contributed by atoms with Crippen LogP contribution in [0, 0.1) is 5.92 Å². The highest BCUT2D eigenvalue weighted by Crippen LogP contribution is 2.36. The molecule has 1 N–H and O–H groups in total. The molecule has 19 heavy (non-hydrogen) atoms. The molecule has 1 aliphatic heterocycles. The Balaban J connectivity index is 1.82. The van der Waals surface area contributed by atoms with Crippen LogP contribution in [0.2, 0.25) is 0 Å². The Labute approximate surface area is 114 Å². The predicted molar refractivity (Wildman–Crippen MR) is 74.1 cm³/mol. The van der Waals surface area contributed by atoms with Crippen molar-refractivity contribution in [3.63, 3.8) is 0 Å². The first kappa shape index (κ1) is 12.5. The van der Waals surface area contributed by atoms with Crippen LogP contribution in [0.5, 0.6) is 5.75 Å². The molecule has 1 aromatic carbocycles. The molecule has 2 aliphatic rings. The Hall–Kier alpha value is -1.51. The van der Waals surface area contributed by atoms with Gasteiger partial charge in [-0.2, -0.15) is 0 Å². The number of rotatable bonds is 1. The van der Waals surface area contributed by atoms with Crippen LogP contribution < -0.4 is 0 Å². The van der Waals surface area contributed by atoms with Gasteiger partial charge in [-0.25, -0.2) is 0 Å². The van der Waals surface area contributed by atoms with Gasteiger partial charge in [-0.15, -0.1) is 0 Å². The highest BCUT2D eigenvalue weighted by molar-refractivity contribution is 5.94. The topological polar surface area (TPSA) is 40.5 Å². The van der Waals surface area contributed by atoms with E-state index in [1.54, 1.807) is 24.3 Å². The van der Waals surface area contributed by atoms with E-state index in [9.17, 15) is 9.90 Å². The summed E-state index contributed by atoms with van der Waals surface area (Å²) in [5.74, 6) is 0.958. The molecule has 102 valence electrons. The molecule has 3 nitrogen and oxygen atoms in total. The van der Waals surface area contributed by atoms with Gasteiger partial charge in [-0.05, 0) is 49.8 Å². The quantitative estimate of drug-likeness (QED) is 0.841. The summed E-state index contributed by atoms with van der Waals surface area (Å²) in [6.45, 7) is 0.871. The molecule has 2 atom stereocenters. The first-order chi connectivity index (χ1) is 9.25. The minimum atomic E-state index is 0.0903. The first-order valence-corrected chi connectivity index (χ1v) is 7.36. The summed E-state index contributed by atoms with van der Waals surface area (Å²) in [6.07, 6.45) is 7.37. The normalized spacial score (nSPS) is 26.8. The van der Waals surface area contributed by atoms with Gasteiger partial charge < -0.3 is 10.0 Å². The van der Waals surface area contributed by atoms with Crippen molar-refractivity contribution < 1.29 is 9.90 Å². The third kappa shape index (κ3) is 2.46. The van der Waals surface area contributed by atoms with E-state index in [1.165, 1.54) is 25.7 Å². The average molecular weight is 259 g/mol. The Morgan fingerprint density at radius 2 is 1.95 bits per heavy atom. The molecule has 1 amide bonds. The molecule has 0 unspecified atom stereocenters. The molecule has 1 aromatic rings. The fourth-order valence-electron chi connectivity index (χ4n) is 3.68. The van der Waals surface area contributed by atoms with Crippen LogP contribution in [0.25, 0.3) is 0 Å². The zero-order chi connectivity index (χ0) is 13.2. The van der Waals surface area contributed by atoms with Crippen molar-refractivity contribution in [1.82, 2.24) is 4.90 Å². The minimum absolute atomic E-state index is 0.0903. The van der Waals surface area contributed by atoms with E-state index in [0.717, 1.165) is 19.4 Å². The number of carbonyl (C=O) groups is 1. The number of aromatic hydroxyl groups is 1. The number of carbonyl (C=O) groups excluding carboxylic acids is 1. The van der Waals surface area contributed by atoms with Crippen molar-refractivity contribution in [2.75, 3.05) is 6.54 Å². The van der Waals surface area contributed by atoms with Gasteiger partial charge in [0, 0.05) is 18.2 Å². The average Bonchev–Trinajstić information content (AvgIpc) is 2.46. The van der Waals surface area contributed by atoms with Crippen molar-refractivity contribution in [2.24, 2.45) is 5.92 Å². The van der Waals surface area contributed by atoms with Gasteiger partial charge in [-0.3, -0.25) is 4.79 Å². The van der Waals surface area contributed by atoms with Crippen LogP contribution in [0.3, 0.4) is 0 Å². The van der Waals surface area contributed by atoms with Gasteiger partial charge in [0.2, 0.25) is 0 Å². The second-order valence-corrected chi connectivity index (χ2v) is 5.80. The first-order valence-electron chi connectivity index (χ1n) is 7.36. The molecule has 0 aromatic heterocycles. The zero-order valence-electron chi connectivity index (χ0n) is 11.2. The number of phenols is 1. The largest absolute Gasteiger partial charge is 0.508 e. The number of hydrogen-bond donors (Lipinski definition) is 1. The molecule has 0 spiro atoms. The highest BCUT2D eigenvalue weighted by atomic mass is 16.3. The molecular weight excluding hydrogens is 238 g/mol. The van der Waals surface area contributed by atoms with Crippen molar-refractivity contribution in [2.45, 2.75) is 44.6 Å². The van der Waals surface area contributed by atoms with E-state index in [1.807, 2.05) is 0 Å². The lowest BCUT2D eigenvalue weighted by atomic mass is 9.78. The Morgan fingerprint density at radius 3 is 2.79 bits per heavy atom. The molecule has 1 aliphatic carbocycles. The minimum Gasteiger partial charge on any atom is -0.508 e. The summed E-state index contributed by atoms with van der Waals surface area (Å²) in [4.78, 5) is 14.7. The van der Waals surface area contributed by atoms with Crippen LogP contribution in [0.4, 0.5) is 0 Å². The smallest absolute Gasteiger partial charge is 0.254 e. The molecule has 3 heteroatoms. The third-order valence-electron chi connectivity index (χ3n) is 4.60. The molecular formula is C16H21NO2. The van der Waals surface area contributed by atoms with E-state index in [4.69, 9.17) is 0 Å². The molecule has 1 saturated carbocycles. The summed E-state index contributed by atoms with van der Waals surface area (Å²) < 4.78 is 0. The number of amides is 1. The Kier molecular flexibility index (Phi) is 3.45. The Bertz CT molecular complexity index is 470. The van der Waals surface area contributed by atoms with Gasteiger partial charge in [0.25, 0.3) is 5.91 Å². The third-order valence-corrected chi connectivity index (χ3v) is 4.60. The maximum absolute atomic E-state index is 12.6. The van der Waals surface area contributed by atoms with Gasteiger partial charge >= 0.3 is 0 Å². The molecule has 2 fully saturated rings. The van der Waals surface area contributed by atoms with Gasteiger partial charge in [0.1, 0.15) is 5.75 Å². The lowest BCUT2D eigenvalue weighted by Crippen LogP contribution is -2.49. The van der Waals surface area contributed by atoms with Gasteiger partial charge in [-0.1, -0.05) is 18.9 Å². The fraction of sp³-hybridized carbons (Fsp3) is 0.562. The second kappa shape index (κ2) is 5.24. The number of hydrogen-bond acceptors (Lipinski definition) is 2. The monoisotopic (exact) mass is 259 g/mol. The van der Waals surface area contributed by atoms with Crippen LogP contribution in [0.1, 0.15) is 48.9 Å². The summed E-state index contributed by atoms with van der Waals surface area (Å²) >= 11 is 0. The fourth-order valence-corrected chi connectivity index (χ4v) is 3.68. The number of fused-ring (bicyclic) bond motifs is 1. The molecule has 0 radical (unpaired) electrons. The summed E-state index contributed by atoms with van der Waals surface area (Å²) in [5.41, 5.74) is 0.617. The van der Waals surface area contributed by atoms with E-state index in [0.29, 0.717) is 17.5 Å². The van der Waals surface area contributed by atoms with Crippen molar-refractivity contribution >= 4 is 5.91 Å². The maximum atomic E-state index is 12.6. The number of nitrogens with zero attached hydrogens (tertiary/aromatic N) is 1. The maximum Gasteiger partial charge on any atom is 0.254 e. The van der Waals surface area contributed by atoms with Crippen LogP contribution in [0.15, 0.2) is 24.3 Å². The van der Waals surface area contributed by atoms with Crippen molar-refractivity contribution in [1.29, 1.82) is 0 Å². The van der Waals surface area contributed by atoms with Crippen LogP contribution >= 0.6 is 0 Å². The van der Waals surface area contributed by atoms with Crippen molar-refractivity contribution in [3.8, 4) is 5.75 Å². The van der Waals surface area contributed by atoms with E-state index < -0.39 is 0 Å². The molecule has 3 rings (SSSR count). The standard InChI is InChI=1S/C16H21NO2/c18-14-8-3-6-13(11-14)16(19)17-10-4-7-12-5-1-2-9-15(12)17/h3,6,8,11-12,15,18H,1-2,4-5,7,9-10H2/t12-,15-/m1/s1. The summed E-state index contributed by atoms with van der Waals surface area (Å²) in [5, 5.41) is 9.52. The SMILES string of the molecule is O=C(c1cccc(O)c1)N1CCC[C@H]2CCCC[C@H]21. The number of likely N-dealkylation sites (tertiary alicyclic amines) is 1. The van der Waals surface area contributed by atoms with E-state index >= 15 is 0 Å². The summed E-state index contributed by atoms with van der Waals surface area (Å²) in [7, 11) is 0. The van der Waals surface area contributed by atoms with Gasteiger partial charge in [0.05, 0.1) is 0 Å². The van der Waals surface area contributed by atoms with E-state index in [-0.39, 0.29) is 11.7 Å². The lowest BCUT2D eigenvalue weighted by molar-refractivity contribution is 0.0390. The predicted octanol–water partition coefficient (Wildman–Crippen LogP) is 3.19. The van der Waals surface area contributed by atoms with Crippen LogP contribution in [-0.2, 0) is 0 Å². The zero-order valence-corrected chi connectivity index (χ0v) is 11.2.